The first-order valence-corrected chi connectivity index (χ1v) is 7.44. The molecule has 1 unspecified atom stereocenters. The average molecular weight is 238 g/mol. The van der Waals surface area contributed by atoms with Crippen LogP contribution in [-0.4, -0.2) is 30.6 Å². The highest BCUT2D eigenvalue weighted by atomic mass is 15.1. The van der Waals surface area contributed by atoms with Gasteiger partial charge < -0.3 is 10.6 Å². The van der Waals surface area contributed by atoms with Crippen molar-refractivity contribution < 1.29 is 0 Å². The summed E-state index contributed by atoms with van der Waals surface area (Å²) in [6.45, 7) is 7.88. The van der Waals surface area contributed by atoms with Gasteiger partial charge in [-0.15, -0.1) is 0 Å². The number of nitrogens with two attached hydrogens (primary N) is 1. The molecule has 1 aliphatic carbocycles. The van der Waals surface area contributed by atoms with Crippen molar-refractivity contribution in [2.24, 2.45) is 5.73 Å². The lowest BCUT2D eigenvalue weighted by Gasteiger charge is -2.23. The molecule has 0 radical (unpaired) electrons. The van der Waals surface area contributed by atoms with Gasteiger partial charge in [0.15, 0.2) is 0 Å². The fraction of sp³-hybridized carbons (Fsp3) is 0.867. The SMILES string of the molecule is CCN(CC)CCC(N)C1=CCCCCCC1. The molecule has 2 N–H and O–H groups in total. The summed E-state index contributed by atoms with van der Waals surface area (Å²) in [5.41, 5.74) is 7.86. The minimum atomic E-state index is 0.300. The van der Waals surface area contributed by atoms with Gasteiger partial charge in [0.05, 0.1) is 0 Å². The smallest absolute Gasteiger partial charge is 0.0265 e. The van der Waals surface area contributed by atoms with Gasteiger partial charge in [0.1, 0.15) is 0 Å². The highest BCUT2D eigenvalue weighted by Gasteiger charge is 2.11. The fourth-order valence-electron chi connectivity index (χ4n) is 2.60. The summed E-state index contributed by atoms with van der Waals surface area (Å²) in [5, 5.41) is 0. The van der Waals surface area contributed by atoms with Gasteiger partial charge in [-0.05, 0) is 51.7 Å². The maximum absolute atomic E-state index is 6.33. The Labute approximate surface area is 107 Å². The topological polar surface area (TPSA) is 29.3 Å². The van der Waals surface area contributed by atoms with E-state index >= 15 is 0 Å². The molecule has 0 spiro atoms. The summed E-state index contributed by atoms with van der Waals surface area (Å²) >= 11 is 0. The van der Waals surface area contributed by atoms with Gasteiger partial charge >= 0.3 is 0 Å². The van der Waals surface area contributed by atoms with Gasteiger partial charge in [0.25, 0.3) is 0 Å². The lowest BCUT2D eigenvalue weighted by molar-refractivity contribution is 0.293. The van der Waals surface area contributed by atoms with Gasteiger partial charge in [-0.3, -0.25) is 0 Å². The molecule has 0 bridgehead atoms. The van der Waals surface area contributed by atoms with Crippen LogP contribution in [0.1, 0.15) is 58.8 Å². The van der Waals surface area contributed by atoms with E-state index in [1.54, 1.807) is 0 Å². The van der Waals surface area contributed by atoms with Crippen molar-refractivity contribution in [2.75, 3.05) is 19.6 Å². The molecule has 0 aromatic carbocycles. The quantitative estimate of drug-likeness (QED) is 0.719. The van der Waals surface area contributed by atoms with Crippen molar-refractivity contribution in [3.05, 3.63) is 11.6 Å². The third-order valence-electron chi connectivity index (χ3n) is 3.95. The van der Waals surface area contributed by atoms with Crippen molar-refractivity contribution >= 4 is 0 Å². The van der Waals surface area contributed by atoms with Crippen LogP contribution in [0.25, 0.3) is 0 Å². The number of hydrogen-bond acceptors (Lipinski definition) is 2. The van der Waals surface area contributed by atoms with Crippen LogP contribution in [0.4, 0.5) is 0 Å². The molecule has 17 heavy (non-hydrogen) atoms. The Morgan fingerprint density at radius 3 is 2.59 bits per heavy atom. The van der Waals surface area contributed by atoms with Gasteiger partial charge in [-0.2, -0.15) is 0 Å². The van der Waals surface area contributed by atoms with Crippen LogP contribution in [0.15, 0.2) is 11.6 Å². The molecule has 0 fully saturated rings. The lowest BCUT2D eigenvalue weighted by Crippen LogP contribution is -2.31. The Hall–Kier alpha value is -0.340. The minimum Gasteiger partial charge on any atom is -0.324 e. The average Bonchev–Trinajstić information content (AvgIpc) is 2.29. The standard InChI is InChI=1S/C15H30N2/c1-3-17(4-2)13-12-15(16)14-10-8-6-5-7-9-11-14/h10,15H,3-9,11-13,16H2,1-2H3. The second-order valence-corrected chi connectivity index (χ2v) is 5.15. The summed E-state index contributed by atoms with van der Waals surface area (Å²) in [7, 11) is 0. The highest BCUT2D eigenvalue weighted by molar-refractivity contribution is 5.10. The number of allylic oxidation sites excluding steroid dienone is 1. The third kappa shape index (κ3) is 5.69. The van der Waals surface area contributed by atoms with Crippen molar-refractivity contribution in [1.29, 1.82) is 0 Å². The van der Waals surface area contributed by atoms with Crippen LogP contribution in [0.2, 0.25) is 0 Å². The Bertz CT molecular complexity index is 219. The lowest BCUT2D eigenvalue weighted by atomic mass is 9.94. The van der Waals surface area contributed by atoms with Crippen LogP contribution in [0.3, 0.4) is 0 Å². The monoisotopic (exact) mass is 238 g/mol. The van der Waals surface area contributed by atoms with Crippen LogP contribution in [-0.2, 0) is 0 Å². The Kier molecular flexibility index (Phi) is 7.54. The maximum atomic E-state index is 6.33. The molecule has 1 rings (SSSR count). The molecule has 0 saturated heterocycles. The van der Waals surface area contributed by atoms with E-state index in [4.69, 9.17) is 5.73 Å². The summed E-state index contributed by atoms with van der Waals surface area (Å²) in [4.78, 5) is 2.46. The normalized spacial score (nSPS) is 19.6. The first kappa shape index (κ1) is 14.7. The highest BCUT2D eigenvalue weighted by Crippen LogP contribution is 2.20. The van der Waals surface area contributed by atoms with Gasteiger partial charge in [0.2, 0.25) is 0 Å². The van der Waals surface area contributed by atoms with Crippen molar-refractivity contribution in [3.8, 4) is 0 Å². The molecule has 1 atom stereocenters. The molecule has 2 heteroatoms. The Morgan fingerprint density at radius 1 is 1.18 bits per heavy atom. The first-order valence-electron chi connectivity index (χ1n) is 7.44. The molecule has 0 aromatic heterocycles. The molecular weight excluding hydrogens is 208 g/mol. The van der Waals surface area contributed by atoms with Gasteiger partial charge in [-0.1, -0.05) is 38.3 Å². The molecule has 0 amide bonds. The van der Waals surface area contributed by atoms with Crippen LogP contribution in [0, 0.1) is 0 Å². The summed E-state index contributed by atoms with van der Waals surface area (Å²) < 4.78 is 0. The van der Waals surface area contributed by atoms with E-state index in [1.165, 1.54) is 44.1 Å². The molecular formula is C15H30N2. The van der Waals surface area contributed by atoms with Gasteiger partial charge in [-0.25, -0.2) is 0 Å². The largest absolute Gasteiger partial charge is 0.324 e. The molecule has 1 aliphatic rings. The van der Waals surface area contributed by atoms with Gasteiger partial charge in [0, 0.05) is 6.04 Å². The van der Waals surface area contributed by atoms with Crippen LogP contribution >= 0.6 is 0 Å². The summed E-state index contributed by atoms with van der Waals surface area (Å²) in [5.74, 6) is 0. The van der Waals surface area contributed by atoms with E-state index in [0.717, 1.165) is 26.1 Å². The van der Waals surface area contributed by atoms with E-state index in [-0.39, 0.29) is 0 Å². The molecule has 0 aromatic rings. The predicted octanol–water partition coefficient (Wildman–Crippen LogP) is 3.33. The van der Waals surface area contributed by atoms with E-state index in [0.29, 0.717) is 6.04 Å². The Morgan fingerprint density at radius 2 is 1.88 bits per heavy atom. The zero-order valence-corrected chi connectivity index (χ0v) is 11.8. The number of hydrogen-bond donors (Lipinski definition) is 1. The van der Waals surface area contributed by atoms with Crippen LogP contribution < -0.4 is 5.73 Å². The van der Waals surface area contributed by atoms with E-state index in [1.807, 2.05) is 0 Å². The predicted molar refractivity (Wildman–Crippen MR) is 76.2 cm³/mol. The molecule has 0 heterocycles. The molecule has 2 nitrogen and oxygen atoms in total. The van der Waals surface area contributed by atoms with E-state index in [9.17, 15) is 0 Å². The maximum Gasteiger partial charge on any atom is 0.0265 e. The summed E-state index contributed by atoms with van der Waals surface area (Å²) in [6, 6.07) is 0.300. The van der Waals surface area contributed by atoms with Crippen molar-refractivity contribution in [2.45, 2.75) is 64.8 Å². The van der Waals surface area contributed by atoms with E-state index in [2.05, 4.69) is 24.8 Å². The summed E-state index contributed by atoms with van der Waals surface area (Å²) in [6.07, 6.45) is 11.5. The number of rotatable bonds is 6. The minimum absolute atomic E-state index is 0.300. The zero-order valence-electron chi connectivity index (χ0n) is 11.8. The molecule has 0 saturated carbocycles. The molecule has 100 valence electrons. The third-order valence-corrected chi connectivity index (χ3v) is 3.95. The fourth-order valence-corrected chi connectivity index (χ4v) is 2.60. The van der Waals surface area contributed by atoms with E-state index < -0.39 is 0 Å². The van der Waals surface area contributed by atoms with Crippen molar-refractivity contribution in [1.82, 2.24) is 4.90 Å². The first-order chi connectivity index (χ1) is 8.27. The van der Waals surface area contributed by atoms with Crippen molar-refractivity contribution in [3.63, 3.8) is 0 Å². The zero-order chi connectivity index (χ0) is 12.5. The molecule has 0 aliphatic heterocycles. The second kappa shape index (κ2) is 8.71. The van der Waals surface area contributed by atoms with Crippen LogP contribution in [0.5, 0.6) is 0 Å². The Balaban J connectivity index is 2.36. The number of nitrogens with zero attached hydrogens (tertiary/aromatic N) is 1. The second-order valence-electron chi connectivity index (χ2n) is 5.15.